The number of nitrogens with one attached hydrogen (secondary N) is 2. The molecule has 2 atom stereocenters. The van der Waals surface area contributed by atoms with Crippen molar-refractivity contribution in [2.24, 2.45) is 0 Å². The second kappa shape index (κ2) is 8.33. The predicted molar refractivity (Wildman–Crippen MR) is 83.5 cm³/mol. The quantitative estimate of drug-likeness (QED) is 0.729. The van der Waals surface area contributed by atoms with Gasteiger partial charge in [-0.25, -0.2) is 4.79 Å². The van der Waals surface area contributed by atoms with Crippen molar-refractivity contribution in [3.05, 3.63) is 0 Å². The minimum Gasteiger partial charge on any atom is -0.444 e. The standard InChI is InChI=1S/C15H30N2O5/c1-10(21-14(2,3)4)11(12(18)16-9-20-8)17-13(19)22-15(5,6)7/h10-11H,9H2,1-8H3,(H,16,18)(H,17,19)/t10-,11+/m1/s1. The average molecular weight is 318 g/mol. The fourth-order valence-corrected chi connectivity index (χ4v) is 1.71. The summed E-state index contributed by atoms with van der Waals surface area (Å²) in [4.78, 5) is 24.1. The van der Waals surface area contributed by atoms with Gasteiger partial charge < -0.3 is 24.8 Å². The Balaban J connectivity index is 4.93. The summed E-state index contributed by atoms with van der Waals surface area (Å²) in [6.45, 7) is 12.7. The second-order valence-electron chi connectivity index (χ2n) is 7.03. The molecule has 0 spiro atoms. The van der Waals surface area contributed by atoms with Crippen LogP contribution >= 0.6 is 0 Å². The largest absolute Gasteiger partial charge is 0.444 e. The monoisotopic (exact) mass is 318 g/mol. The van der Waals surface area contributed by atoms with E-state index in [0.717, 1.165) is 0 Å². The van der Waals surface area contributed by atoms with Gasteiger partial charge in [0.15, 0.2) is 0 Å². The van der Waals surface area contributed by atoms with Crippen LogP contribution in [0, 0.1) is 0 Å². The molecule has 130 valence electrons. The summed E-state index contributed by atoms with van der Waals surface area (Å²) in [6, 6.07) is -0.885. The van der Waals surface area contributed by atoms with Crippen molar-refractivity contribution in [2.75, 3.05) is 13.8 Å². The number of amides is 2. The van der Waals surface area contributed by atoms with Crippen LogP contribution in [0.15, 0.2) is 0 Å². The zero-order chi connectivity index (χ0) is 17.6. The van der Waals surface area contributed by atoms with Crippen molar-refractivity contribution >= 4 is 12.0 Å². The molecule has 2 amide bonds. The number of carbonyl (C=O) groups excluding carboxylic acids is 2. The Kier molecular flexibility index (Phi) is 7.83. The van der Waals surface area contributed by atoms with Gasteiger partial charge in [0.1, 0.15) is 18.4 Å². The molecule has 0 aromatic rings. The first kappa shape index (κ1) is 20.7. The van der Waals surface area contributed by atoms with Crippen molar-refractivity contribution in [3.8, 4) is 0 Å². The van der Waals surface area contributed by atoms with E-state index in [1.807, 2.05) is 20.8 Å². The van der Waals surface area contributed by atoms with Crippen LogP contribution in [0.3, 0.4) is 0 Å². The highest BCUT2D eigenvalue weighted by Gasteiger charge is 2.31. The molecule has 0 aromatic carbocycles. The molecular weight excluding hydrogens is 288 g/mol. The van der Waals surface area contributed by atoms with Gasteiger partial charge in [-0.05, 0) is 48.5 Å². The molecule has 22 heavy (non-hydrogen) atoms. The van der Waals surface area contributed by atoms with Gasteiger partial charge in [0.25, 0.3) is 0 Å². The van der Waals surface area contributed by atoms with Gasteiger partial charge >= 0.3 is 6.09 Å². The summed E-state index contributed by atoms with van der Waals surface area (Å²) in [5.74, 6) is -0.399. The maximum absolute atomic E-state index is 12.2. The highest BCUT2D eigenvalue weighted by atomic mass is 16.6. The highest BCUT2D eigenvalue weighted by molar-refractivity contribution is 5.86. The molecule has 0 aliphatic carbocycles. The van der Waals surface area contributed by atoms with E-state index in [2.05, 4.69) is 10.6 Å². The van der Waals surface area contributed by atoms with Crippen LogP contribution in [-0.2, 0) is 19.0 Å². The van der Waals surface area contributed by atoms with Crippen LogP contribution in [0.2, 0.25) is 0 Å². The van der Waals surface area contributed by atoms with E-state index in [-0.39, 0.29) is 6.73 Å². The van der Waals surface area contributed by atoms with Crippen LogP contribution in [0.25, 0.3) is 0 Å². The first-order valence-corrected chi connectivity index (χ1v) is 7.29. The Hall–Kier alpha value is -1.34. The number of rotatable bonds is 6. The van der Waals surface area contributed by atoms with E-state index < -0.39 is 35.3 Å². The fourth-order valence-electron chi connectivity index (χ4n) is 1.71. The second-order valence-corrected chi connectivity index (χ2v) is 7.03. The van der Waals surface area contributed by atoms with E-state index in [1.54, 1.807) is 27.7 Å². The molecule has 0 saturated carbocycles. The summed E-state index contributed by atoms with van der Waals surface area (Å²) >= 11 is 0. The first-order chi connectivity index (χ1) is 9.85. The van der Waals surface area contributed by atoms with Gasteiger partial charge in [-0.1, -0.05) is 0 Å². The van der Waals surface area contributed by atoms with Crippen LogP contribution in [0.4, 0.5) is 4.79 Å². The van der Waals surface area contributed by atoms with Gasteiger partial charge in [0.05, 0.1) is 11.7 Å². The molecule has 0 heterocycles. The van der Waals surface area contributed by atoms with Gasteiger partial charge in [0.2, 0.25) is 5.91 Å². The third-order valence-electron chi connectivity index (χ3n) is 2.35. The Bertz CT molecular complexity index is 371. The average Bonchev–Trinajstić information content (AvgIpc) is 2.28. The molecule has 0 aliphatic rings. The Morgan fingerprint density at radius 1 is 1.05 bits per heavy atom. The SMILES string of the molecule is COCNC(=O)[C@@H](NC(=O)OC(C)(C)C)[C@@H](C)OC(C)(C)C. The fraction of sp³-hybridized carbons (Fsp3) is 0.867. The number of alkyl carbamates (subject to hydrolysis) is 1. The minimum atomic E-state index is -0.885. The maximum atomic E-state index is 12.2. The molecule has 7 heteroatoms. The van der Waals surface area contributed by atoms with Crippen molar-refractivity contribution in [2.45, 2.75) is 71.8 Å². The molecule has 0 rings (SSSR count). The summed E-state index contributed by atoms with van der Waals surface area (Å²) in [5, 5.41) is 5.11. The Morgan fingerprint density at radius 2 is 1.59 bits per heavy atom. The molecule has 0 aliphatic heterocycles. The van der Waals surface area contributed by atoms with E-state index in [9.17, 15) is 9.59 Å². The summed E-state index contributed by atoms with van der Waals surface area (Å²) in [6.07, 6.45) is -1.21. The van der Waals surface area contributed by atoms with Gasteiger partial charge in [0, 0.05) is 7.11 Å². The van der Waals surface area contributed by atoms with Crippen LogP contribution in [0.1, 0.15) is 48.5 Å². The van der Waals surface area contributed by atoms with E-state index >= 15 is 0 Å². The lowest BCUT2D eigenvalue weighted by Gasteiger charge is -2.31. The predicted octanol–water partition coefficient (Wildman–Crippen LogP) is 1.80. The van der Waals surface area contributed by atoms with Crippen LogP contribution < -0.4 is 10.6 Å². The molecule has 0 aromatic heterocycles. The molecule has 0 radical (unpaired) electrons. The summed E-state index contributed by atoms with van der Waals surface area (Å²) in [5.41, 5.74) is -1.10. The number of hydrogen-bond donors (Lipinski definition) is 2. The third-order valence-corrected chi connectivity index (χ3v) is 2.35. The van der Waals surface area contributed by atoms with Crippen molar-refractivity contribution in [1.29, 1.82) is 0 Å². The number of methoxy groups -OCH3 is 1. The number of ether oxygens (including phenoxy) is 3. The first-order valence-electron chi connectivity index (χ1n) is 7.29. The molecule has 0 bridgehead atoms. The summed E-state index contributed by atoms with van der Waals surface area (Å²) in [7, 11) is 1.46. The van der Waals surface area contributed by atoms with Crippen molar-refractivity contribution in [3.63, 3.8) is 0 Å². The molecule has 2 N–H and O–H groups in total. The van der Waals surface area contributed by atoms with E-state index in [1.165, 1.54) is 7.11 Å². The smallest absolute Gasteiger partial charge is 0.408 e. The lowest BCUT2D eigenvalue weighted by atomic mass is 10.1. The minimum absolute atomic E-state index is 0.0492. The zero-order valence-electron chi connectivity index (χ0n) is 14.9. The molecule has 7 nitrogen and oxygen atoms in total. The van der Waals surface area contributed by atoms with Gasteiger partial charge in [-0.2, -0.15) is 0 Å². The van der Waals surface area contributed by atoms with Crippen LogP contribution in [0.5, 0.6) is 0 Å². The number of hydrogen-bond acceptors (Lipinski definition) is 5. The molecule has 0 saturated heterocycles. The van der Waals surface area contributed by atoms with Crippen molar-refractivity contribution < 1.29 is 23.8 Å². The van der Waals surface area contributed by atoms with Gasteiger partial charge in [-0.15, -0.1) is 0 Å². The lowest BCUT2D eigenvalue weighted by Crippen LogP contribution is -2.55. The Labute approximate surface area is 133 Å². The van der Waals surface area contributed by atoms with E-state index in [4.69, 9.17) is 14.2 Å². The highest BCUT2D eigenvalue weighted by Crippen LogP contribution is 2.14. The Morgan fingerprint density at radius 3 is 2.00 bits per heavy atom. The molecule has 0 fully saturated rings. The third kappa shape index (κ3) is 9.57. The molecule has 0 unspecified atom stereocenters. The topological polar surface area (TPSA) is 85.9 Å². The van der Waals surface area contributed by atoms with Crippen LogP contribution in [-0.4, -0.2) is 49.2 Å². The molecular formula is C15H30N2O5. The van der Waals surface area contributed by atoms with E-state index in [0.29, 0.717) is 0 Å². The lowest BCUT2D eigenvalue weighted by molar-refractivity contribution is -0.132. The normalized spacial score (nSPS) is 14.9. The van der Waals surface area contributed by atoms with Crippen molar-refractivity contribution in [1.82, 2.24) is 10.6 Å². The number of carbonyl (C=O) groups is 2. The maximum Gasteiger partial charge on any atom is 0.408 e. The zero-order valence-corrected chi connectivity index (χ0v) is 14.9. The summed E-state index contributed by atoms with van der Waals surface area (Å²) < 4.78 is 15.8. The van der Waals surface area contributed by atoms with Gasteiger partial charge in [-0.3, -0.25) is 4.79 Å².